The van der Waals surface area contributed by atoms with Gasteiger partial charge in [0, 0.05) is 36.7 Å². The molecule has 1 aliphatic rings. The Morgan fingerprint density at radius 3 is 2.33 bits per heavy atom. The smallest absolute Gasteiger partial charge is 0.244 e. The fraction of sp³-hybridized carbons (Fsp3) is 0.381. The Hall–Kier alpha value is -2.12. The molecular formula is C21H24BrN3O4S. The number of benzene rings is 2. The van der Waals surface area contributed by atoms with Crippen molar-refractivity contribution in [2.45, 2.75) is 17.9 Å². The topological polar surface area (TPSA) is 82.9 Å². The number of ether oxygens (including phenoxy) is 2. The lowest BCUT2D eigenvalue weighted by atomic mass is 10.1. The first-order valence-electron chi connectivity index (χ1n) is 9.52. The van der Waals surface area contributed by atoms with Crippen molar-refractivity contribution in [3.8, 4) is 17.6 Å². The third-order valence-corrected chi connectivity index (χ3v) is 7.95. The lowest BCUT2D eigenvalue weighted by molar-refractivity contribution is 0.278. The van der Waals surface area contributed by atoms with Crippen LogP contribution in [0.5, 0.6) is 11.5 Å². The minimum absolute atomic E-state index is 0.167. The van der Waals surface area contributed by atoms with Crippen molar-refractivity contribution in [1.82, 2.24) is 9.21 Å². The van der Waals surface area contributed by atoms with Gasteiger partial charge in [-0.05, 0) is 52.7 Å². The molecule has 0 aromatic heterocycles. The summed E-state index contributed by atoms with van der Waals surface area (Å²) in [5.41, 5.74) is 1.74. The molecule has 9 heteroatoms. The Morgan fingerprint density at radius 2 is 1.70 bits per heavy atom. The second kappa shape index (κ2) is 9.79. The standard InChI is InChI=1S/C21H24BrN3O4S/c1-28-19-12-18(22)21(13-20(19)29-2)30(26,27)25-9-3-8-24(10-11-25)15-17-6-4-16(14-23)5-7-17/h4-7,12-13H,3,8-11,15H2,1-2H3. The lowest BCUT2D eigenvalue weighted by Crippen LogP contribution is -2.35. The number of nitrogens with zero attached hydrogens (tertiary/aromatic N) is 3. The van der Waals surface area contributed by atoms with Gasteiger partial charge in [-0.1, -0.05) is 12.1 Å². The zero-order valence-electron chi connectivity index (χ0n) is 17.0. The molecule has 0 unspecified atom stereocenters. The maximum atomic E-state index is 13.3. The maximum absolute atomic E-state index is 13.3. The zero-order valence-corrected chi connectivity index (χ0v) is 19.4. The molecule has 3 rings (SSSR count). The molecule has 0 bridgehead atoms. The fourth-order valence-corrected chi connectivity index (χ4v) is 5.93. The third-order valence-electron chi connectivity index (χ3n) is 5.09. The van der Waals surface area contributed by atoms with Gasteiger partial charge in [0.25, 0.3) is 0 Å². The van der Waals surface area contributed by atoms with E-state index >= 15 is 0 Å². The van der Waals surface area contributed by atoms with Crippen molar-refractivity contribution in [2.75, 3.05) is 40.4 Å². The predicted octanol–water partition coefficient (Wildman–Crippen LogP) is 3.23. The molecule has 0 atom stereocenters. The molecule has 2 aromatic rings. The summed E-state index contributed by atoms with van der Waals surface area (Å²) in [5.74, 6) is 0.837. The highest BCUT2D eigenvalue weighted by atomic mass is 79.9. The van der Waals surface area contributed by atoms with Gasteiger partial charge in [-0.3, -0.25) is 4.90 Å². The summed E-state index contributed by atoms with van der Waals surface area (Å²) in [6, 6.07) is 12.7. The number of hydrogen-bond donors (Lipinski definition) is 0. The van der Waals surface area contributed by atoms with E-state index in [9.17, 15) is 8.42 Å². The van der Waals surface area contributed by atoms with Crippen LogP contribution in [-0.2, 0) is 16.6 Å². The van der Waals surface area contributed by atoms with E-state index in [0.717, 1.165) is 25.1 Å². The number of nitriles is 1. The summed E-state index contributed by atoms with van der Waals surface area (Å²) in [4.78, 5) is 2.40. The van der Waals surface area contributed by atoms with Crippen LogP contribution in [-0.4, -0.2) is 58.0 Å². The van der Waals surface area contributed by atoms with Gasteiger partial charge < -0.3 is 9.47 Å². The minimum atomic E-state index is -3.69. The van der Waals surface area contributed by atoms with Gasteiger partial charge in [-0.25, -0.2) is 8.42 Å². The van der Waals surface area contributed by atoms with Crippen molar-refractivity contribution in [3.63, 3.8) is 0 Å². The molecule has 1 heterocycles. The summed E-state index contributed by atoms with van der Waals surface area (Å²) in [7, 11) is -0.700. The van der Waals surface area contributed by atoms with Crippen molar-refractivity contribution in [2.24, 2.45) is 0 Å². The predicted molar refractivity (Wildman–Crippen MR) is 117 cm³/mol. The van der Waals surface area contributed by atoms with Crippen LogP contribution in [0, 0.1) is 11.3 Å². The summed E-state index contributed by atoms with van der Waals surface area (Å²) in [5, 5.41) is 8.93. The molecule has 0 radical (unpaired) electrons. The van der Waals surface area contributed by atoms with Crippen LogP contribution in [0.1, 0.15) is 17.5 Å². The molecule has 0 N–H and O–H groups in total. The van der Waals surface area contributed by atoms with E-state index in [-0.39, 0.29) is 4.90 Å². The van der Waals surface area contributed by atoms with E-state index in [0.29, 0.717) is 41.2 Å². The van der Waals surface area contributed by atoms with Crippen molar-refractivity contribution in [1.29, 1.82) is 5.26 Å². The van der Waals surface area contributed by atoms with Crippen LogP contribution in [0.4, 0.5) is 0 Å². The molecule has 0 spiro atoms. The molecule has 1 aliphatic heterocycles. The summed E-state index contributed by atoms with van der Waals surface area (Å²) < 4.78 is 39.1. The Kier molecular flexibility index (Phi) is 7.36. The van der Waals surface area contributed by atoms with Crippen LogP contribution in [0.3, 0.4) is 0 Å². The average Bonchev–Trinajstić information content (AvgIpc) is 3.00. The van der Waals surface area contributed by atoms with E-state index in [2.05, 4.69) is 26.9 Å². The van der Waals surface area contributed by atoms with Crippen LogP contribution in [0.15, 0.2) is 45.8 Å². The molecule has 160 valence electrons. The van der Waals surface area contributed by atoms with Gasteiger partial charge >= 0.3 is 0 Å². The normalized spacial score (nSPS) is 15.9. The molecule has 2 aromatic carbocycles. The van der Waals surface area contributed by atoms with Crippen LogP contribution in [0.25, 0.3) is 0 Å². The van der Waals surface area contributed by atoms with E-state index in [4.69, 9.17) is 14.7 Å². The summed E-state index contributed by atoms with van der Waals surface area (Å²) in [6.07, 6.45) is 0.737. The van der Waals surface area contributed by atoms with Crippen LogP contribution < -0.4 is 9.47 Å². The molecule has 1 saturated heterocycles. The van der Waals surface area contributed by atoms with Crippen molar-refractivity contribution in [3.05, 3.63) is 52.0 Å². The SMILES string of the molecule is COc1cc(Br)c(S(=O)(=O)N2CCCN(Cc3ccc(C#N)cc3)CC2)cc1OC. The molecule has 0 saturated carbocycles. The van der Waals surface area contributed by atoms with Gasteiger partial charge in [0.15, 0.2) is 11.5 Å². The largest absolute Gasteiger partial charge is 0.493 e. The Labute approximate surface area is 186 Å². The van der Waals surface area contributed by atoms with Crippen molar-refractivity contribution < 1.29 is 17.9 Å². The number of rotatable bonds is 6. The summed E-state index contributed by atoms with van der Waals surface area (Å²) in [6.45, 7) is 3.01. The minimum Gasteiger partial charge on any atom is -0.493 e. The number of hydrogen-bond acceptors (Lipinski definition) is 6. The zero-order chi connectivity index (χ0) is 21.7. The molecule has 0 amide bonds. The van der Waals surface area contributed by atoms with E-state index in [1.54, 1.807) is 18.2 Å². The second-order valence-corrected chi connectivity index (χ2v) is 9.74. The maximum Gasteiger partial charge on any atom is 0.244 e. The number of halogens is 1. The van der Waals surface area contributed by atoms with Crippen LogP contribution >= 0.6 is 15.9 Å². The number of sulfonamides is 1. The van der Waals surface area contributed by atoms with Gasteiger partial charge in [0.2, 0.25) is 10.0 Å². The van der Waals surface area contributed by atoms with Gasteiger partial charge in [0.1, 0.15) is 4.90 Å². The monoisotopic (exact) mass is 493 g/mol. The summed E-state index contributed by atoms with van der Waals surface area (Å²) >= 11 is 3.37. The fourth-order valence-electron chi connectivity index (χ4n) is 3.46. The van der Waals surface area contributed by atoms with E-state index in [1.807, 2.05) is 12.1 Å². The molecular weight excluding hydrogens is 470 g/mol. The third kappa shape index (κ3) is 4.95. The van der Waals surface area contributed by atoms with Crippen molar-refractivity contribution >= 4 is 26.0 Å². The van der Waals surface area contributed by atoms with E-state index < -0.39 is 10.0 Å². The Bertz CT molecular complexity index is 1040. The Morgan fingerprint density at radius 1 is 1.03 bits per heavy atom. The lowest BCUT2D eigenvalue weighted by Gasteiger charge is -2.23. The van der Waals surface area contributed by atoms with Crippen LogP contribution in [0.2, 0.25) is 0 Å². The van der Waals surface area contributed by atoms with Gasteiger partial charge in [-0.2, -0.15) is 9.57 Å². The first-order valence-corrected chi connectivity index (χ1v) is 11.8. The average molecular weight is 494 g/mol. The van der Waals surface area contributed by atoms with E-state index in [1.165, 1.54) is 24.6 Å². The highest BCUT2D eigenvalue weighted by Gasteiger charge is 2.30. The highest BCUT2D eigenvalue weighted by molar-refractivity contribution is 9.10. The molecule has 1 fully saturated rings. The van der Waals surface area contributed by atoms with Gasteiger partial charge in [0.05, 0.1) is 25.9 Å². The molecule has 30 heavy (non-hydrogen) atoms. The second-order valence-electron chi connectivity index (χ2n) is 6.98. The van der Waals surface area contributed by atoms with Gasteiger partial charge in [-0.15, -0.1) is 0 Å². The first kappa shape index (κ1) is 22.6. The Balaban J connectivity index is 1.74. The molecule has 7 nitrogen and oxygen atoms in total. The first-order chi connectivity index (χ1) is 14.4. The highest BCUT2D eigenvalue weighted by Crippen LogP contribution is 2.36. The quantitative estimate of drug-likeness (QED) is 0.614. The number of methoxy groups -OCH3 is 2. The molecule has 0 aliphatic carbocycles.